The van der Waals surface area contributed by atoms with Gasteiger partial charge in [-0.05, 0) is 33.9 Å². The number of nitrogens with zero attached hydrogens (tertiary/aromatic N) is 1. The Morgan fingerprint density at radius 2 is 1.93 bits per heavy atom. The van der Waals surface area contributed by atoms with E-state index in [9.17, 15) is 0 Å². The summed E-state index contributed by atoms with van der Waals surface area (Å²) in [6, 6.07) is 14.7. The Hall–Kier alpha value is -2.07. The summed E-state index contributed by atoms with van der Waals surface area (Å²) in [5, 5.41) is 11.3. The van der Waals surface area contributed by atoms with Crippen molar-refractivity contribution in [3.05, 3.63) is 53.6 Å². The molecule has 2 aromatic carbocycles. The summed E-state index contributed by atoms with van der Waals surface area (Å²) in [7, 11) is 0. The van der Waals surface area contributed by atoms with E-state index in [4.69, 9.17) is 5.26 Å². The summed E-state index contributed by atoms with van der Waals surface area (Å²) in [4.78, 5) is 0. The summed E-state index contributed by atoms with van der Waals surface area (Å²) >= 11 is 0. The van der Waals surface area contributed by atoms with Gasteiger partial charge in [-0.15, -0.1) is 0 Å². The monoisotopic (exact) mass is 191 g/mol. The molecule has 0 N–H and O–H groups in total. The van der Waals surface area contributed by atoms with E-state index in [-0.39, 0.29) is 0 Å². The third-order valence-corrected chi connectivity index (χ3v) is 2.96. The van der Waals surface area contributed by atoms with E-state index in [0.29, 0.717) is 0 Å². The zero-order valence-corrected chi connectivity index (χ0v) is 8.20. The van der Waals surface area contributed by atoms with Crippen LogP contribution in [0.5, 0.6) is 0 Å². The van der Waals surface area contributed by atoms with Gasteiger partial charge in [0.25, 0.3) is 0 Å². The number of nitriles is 1. The van der Waals surface area contributed by atoms with Crippen LogP contribution < -0.4 is 0 Å². The molecule has 0 heterocycles. The van der Waals surface area contributed by atoms with E-state index in [1.165, 1.54) is 21.9 Å². The molecule has 1 heteroatoms. The average molecular weight is 191 g/mol. The molecule has 0 amide bonds. The molecule has 2 aromatic rings. The third-order valence-electron chi connectivity index (χ3n) is 2.96. The Balaban J connectivity index is 2.42. The predicted octanol–water partition coefficient (Wildman–Crippen LogP) is 3.30. The van der Waals surface area contributed by atoms with Gasteiger partial charge in [0, 0.05) is 6.08 Å². The molecule has 0 aromatic heterocycles. The number of benzene rings is 2. The first-order valence-electron chi connectivity index (χ1n) is 5.00. The number of hydrogen-bond acceptors (Lipinski definition) is 1. The molecule has 0 atom stereocenters. The first kappa shape index (κ1) is 8.26. The van der Waals surface area contributed by atoms with Crippen LogP contribution >= 0.6 is 0 Å². The standard InChI is InChI=1S/C14H9N/c15-8-7-11-9-12-5-1-3-10-4-2-6-13(11)14(10)12/h1-7H,9H2. The minimum absolute atomic E-state index is 0.893. The fourth-order valence-electron chi connectivity index (χ4n) is 2.34. The van der Waals surface area contributed by atoms with Crippen molar-refractivity contribution < 1.29 is 0 Å². The van der Waals surface area contributed by atoms with Crippen molar-refractivity contribution >= 4 is 16.3 Å². The van der Waals surface area contributed by atoms with Gasteiger partial charge in [0.15, 0.2) is 0 Å². The smallest absolute Gasteiger partial charge is 0.0915 e. The number of rotatable bonds is 0. The van der Waals surface area contributed by atoms with Gasteiger partial charge in [0.2, 0.25) is 0 Å². The molecule has 0 saturated carbocycles. The van der Waals surface area contributed by atoms with Crippen molar-refractivity contribution in [3.63, 3.8) is 0 Å². The van der Waals surface area contributed by atoms with Crippen LogP contribution in [-0.4, -0.2) is 0 Å². The lowest BCUT2D eigenvalue weighted by atomic mass is 10.0. The summed E-state index contributed by atoms with van der Waals surface area (Å²) in [6.07, 6.45) is 2.55. The van der Waals surface area contributed by atoms with E-state index in [1.54, 1.807) is 6.08 Å². The molecule has 1 aliphatic rings. The van der Waals surface area contributed by atoms with Crippen molar-refractivity contribution in [2.24, 2.45) is 0 Å². The summed E-state index contributed by atoms with van der Waals surface area (Å²) in [6.45, 7) is 0. The third kappa shape index (κ3) is 1.08. The highest BCUT2D eigenvalue weighted by Crippen LogP contribution is 2.37. The lowest BCUT2D eigenvalue weighted by Crippen LogP contribution is -1.77. The molecule has 15 heavy (non-hydrogen) atoms. The minimum atomic E-state index is 0.893. The van der Waals surface area contributed by atoms with Gasteiger partial charge in [0.1, 0.15) is 0 Å². The Labute approximate surface area is 88.3 Å². The zero-order valence-electron chi connectivity index (χ0n) is 8.20. The van der Waals surface area contributed by atoms with E-state index in [0.717, 1.165) is 12.0 Å². The van der Waals surface area contributed by atoms with E-state index in [1.807, 2.05) is 0 Å². The summed E-state index contributed by atoms with van der Waals surface area (Å²) < 4.78 is 0. The van der Waals surface area contributed by atoms with Gasteiger partial charge < -0.3 is 0 Å². The van der Waals surface area contributed by atoms with Crippen LogP contribution in [0, 0.1) is 11.3 Å². The second kappa shape index (κ2) is 2.96. The average Bonchev–Trinajstić information content (AvgIpc) is 2.61. The first-order valence-corrected chi connectivity index (χ1v) is 5.00. The van der Waals surface area contributed by atoms with Crippen LogP contribution in [-0.2, 0) is 6.42 Å². The lowest BCUT2D eigenvalue weighted by Gasteiger charge is -1.99. The second-order valence-electron chi connectivity index (χ2n) is 3.80. The van der Waals surface area contributed by atoms with Crippen LogP contribution in [0.1, 0.15) is 11.1 Å². The van der Waals surface area contributed by atoms with E-state index >= 15 is 0 Å². The van der Waals surface area contributed by atoms with Crippen LogP contribution in [0.3, 0.4) is 0 Å². The second-order valence-corrected chi connectivity index (χ2v) is 3.80. The van der Waals surface area contributed by atoms with Gasteiger partial charge in [-0.1, -0.05) is 36.4 Å². The van der Waals surface area contributed by atoms with Crippen molar-refractivity contribution in [2.45, 2.75) is 6.42 Å². The van der Waals surface area contributed by atoms with Crippen molar-refractivity contribution in [3.8, 4) is 6.07 Å². The Morgan fingerprint density at radius 3 is 2.73 bits per heavy atom. The maximum absolute atomic E-state index is 8.73. The summed E-state index contributed by atoms with van der Waals surface area (Å²) in [5.74, 6) is 0. The van der Waals surface area contributed by atoms with Crippen LogP contribution in [0.25, 0.3) is 16.3 Å². The molecule has 0 aliphatic heterocycles. The lowest BCUT2D eigenvalue weighted by molar-refractivity contribution is 1.37. The van der Waals surface area contributed by atoms with E-state index in [2.05, 4.69) is 42.5 Å². The Bertz CT molecular complexity index is 610. The predicted molar refractivity (Wildman–Crippen MR) is 61.2 cm³/mol. The SMILES string of the molecule is N#CC=C1Cc2cccc3cccc1c23. The normalized spacial score (nSPS) is 15.8. The van der Waals surface area contributed by atoms with Crippen LogP contribution in [0.4, 0.5) is 0 Å². The van der Waals surface area contributed by atoms with Gasteiger partial charge in [-0.3, -0.25) is 0 Å². The van der Waals surface area contributed by atoms with Gasteiger partial charge in [-0.2, -0.15) is 5.26 Å². The van der Waals surface area contributed by atoms with Crippen molar-refractivity contribution in [1.82, 2.24) is 0 Å². The molecular formula is C14H9N. The van der Waals surface area contributed by atoms with Crippen molar-refractivity contribution in [1.29, 1.82) is 5.26 Å². The molecular weight excluding hydrogens is 182 g/mol. The fraction of sp³-hybridized carbons (Fsp3) is 0.0714. The highest BCUT2D eigenvalue weighted by Gasteiger charge is 2.17. The Morgan fingerprint density at radius 1 is 1.13 bits per heavy atom. The molecule has 0 spiro atoms. The minimum Gasteiger partial charge on any atom is -0.193 e. The molecule has 0 fully saturated rings. The molecule has 70 valence electrons. The van der Waals surface area contributed by atoms with E-state index < -0.39 is 0 Å². The largest absolute Gasteiger partial charge is 0.193 e. The van der Waals surface area contributed by atoms with Crippen LogP contribution in [0.2, 0.25) is 0 Å². The van der Waals surface area contributed by atoms with Gasteiger partial charge in [0.05, 0.1) is 6.07 Å². The molecule has 0 radical (unpaired) electrons. The maximum Gasteiger partial charge on any atom is 0.0915 e. The first-order chi connectivity index (χ1) is 7.40. The van der Waals surface area contributed by atoms with Gasteiger partial charge >= 0.3 is 0 Å². The quantitative estimate of drug-likeness (QED) is 0.586. The molecule has 1 aliphatic carbocycles. The number of allylic oxidation sites excluding steroid dienone is 2. The number of hydrogen-bond donors (Lipinski definition) is 0. The maximum atomic E-state index is 8.73. The molecule has 1 nitrogen and oxygen atoms in total. The van der Waals surface area contributed by atoms with Crippen molar-refractivity contribution in [2.75, 3.05) is 0 Å². The highest BCUT2D eigenvalue weighted by molar-refractivity contribution is 6.01. The molecule has 3 rings (SSSR count). The highest BCUT2D eigenvalue weighted by atomic mass is 14.2. The zero-order chi connectivity index (χ0) is 10.3. The van der Waals surface area contributed by atoms with Gasteiger partial charge in [-0.25, -0.2) is 0 Å². The Kier molecular flexibility index (Phi) is 1.63. The topological polar surface area (TPSA) is 23.8 Å². The molecule has 0 bridgehead atoms. The summed E-state index contributed by atoms with van der Waals surface area (Å²) in [5.41, 5.74) is 3.71. The van der Waals surface area contributed by atoms with Crippen LogP contribution in [0.15, 0.2) is 42.5 Å². The molecule has 0 saturated heterocycles. The fourth-order valence-corrected chi connectivity index (χ4v) is 2.34. The molecule has 0 unspecified atom stereocenters.